The number of benzene rings is 1. The maximum atomic E-state index is 15.5. The normalized spacial score (nSPS) is 19.2. The number of fused-ring (bicyclic) bond motifs is 1. The largest absolute Gasteiger partial charge is 0.490 e. The summed E-state index contributed by atoms with van der Waals surface area (Å²) >= 11 is 6.36. The number of ether oxygens (including phenoxy) is 1. The number of aryl methyl sites for hydroxylation is 1. The van der Waals surface area contributed by atoms with Gasteiger partial charge in [-0.1, -0.05) is 38.3 Å². The van der Waals surface area contributed by atoms with Crippen LogP contribution in [0, 0.1) is 18.7 Å². The van der Waals surface area contributed by atoms with Crippen LogP contribution >= 0.6 is 11.6 Å². The van der Waals surface area contributed by atoms with Gasteiger partial charge in [0.1, 0.15) is 28.5 Å². The highest BCUT2D eigenvalue weighted by Gasteiger charge is 2.32. The first-order chi connectivity index (χ1) is 16.6. The van der Waals surface area contributed by atoms with E-state index in [2.05, 4.69) is 17.2 Å². The van der Waals surface area contributed by atoms with Crippen molar-refractivity contribution < 1.29 is 13.9 Å². The quantitative estimate of drug-likeness (QED) is 0.454. The first-order valence-electron chi connectivity index (χ1n) is 12.2. The van der Waals surface area contributed by atoms with E-state index < -0.39 is 11.7 Å². The van der Waals surface area contributed by atoms with Crippen LogP contribution in [0.4, 0.5) is 10.2 Å². The summed E-state index contributed by atoms with van der Waals surface area (Å²) in [5.74, 6) is -0.135. The van der Waals surface area contributed by atoms with E-state index >= 15 is 4.39 Å². The average Bonchev–Trinajstić information content (AvgIpc) is 3.14. The predicted molar refractivity (Wildman–Crippen MR) is 136 cm³/mol. The van der Waals surface area contributed by atoms with Crippen molar-refractivity contribution in [3.05, 3.63) is 51.9 Å². The van der Waals surface area contributed by atoms with Crippen molar-refractivity contribution in [1.29, 1.82) is 0 Å². The van der Waals surface area contributed by atoms with Crippen molar-refractivity contribution in [2.45, 2.75) is 78.4 Å². The summed E-state index contributed by atoms with van der Waals surface area (Å²) in [6.07, 6.45) is 7.17. The molecule has 1 aliphatic carbocycles. The Morgan fingerprint density at radius 2 is 2.03 bits per heavy atom. The molecule has 1 fully saturated rings. The summed E-state index contributed by atoms with van der Waals surface area (Å²) in [6.45, 7) is 9.58. The van der Waals surface area contributed by atoms with Gasteiger partial charge in [0.2, 0.25) is 0 Å². The summed E-state index contributed by atoms with van der Waals surface area (Å²) < 4.78 is 23.4. The fourth-order valence-corrected chi connectivity index (χ4v) is 5.21. The first-order valence-corrected chi connectivity index (χ1v) is 12.6. The molecule has 0 saturated heterocycles. The van der Waals surface area contributed by atoms with Gasteiger partial charge >= 0.3 is 0 Å². The Hall–Kier alpha value is -2.87. The highest BCUT2D eigenvalue weighted by molar-refractivity contribution is 6.31. The summed E-state index contributed by atoms with van der Waals surface area (Å²) in [5, 5.41) is 2.91. The maximum Gasteiger partial charge on any atom is 0.258 e. The van der Waals surface area contributed by atoms with E-state index in [1.807, 2.05) is 32.1 Å². The second-order valence-corrected chi connectivity index (χ2v) is 10.2. The van der Waals surface area contributed by atoms with Gasteiger partial charge in [0.15, 0.2) is 5.82 Å². The van der Waals surface area contributed by atoms with E-state index in [0.717, 1.165) is 31.4 Å². The third-order valence-corrected chi connectivity index (χ3v) is 7.12. The molecular weight excluding hydrogens is 469 g/mol. The van der Waals surface area contributed by atoms with Gasteiger partial charge in [-0.25, -0.2) is 14.4 Å². The highest BCUT2D eigenvalue weighted by atomic mass is 35.5. The zero-order chi connectivity index (χ0) is 25.4. The molecule has 3 aromatic rings. The van der Waals surface area contributed by atoms with Gasteiger partial charge in [0.25, 0.3) is 5.91 Å². The van der Waals surface area contributed by atoms with Crippen LogP contribution in [0.2, 0.25) is 5.02 Å². The van der Waals surface area contributed by atoms with Gasteiger partial charge < -0.3 is 15.8 Å². The number of hydrogen-bond donors (Lipinski definition) is 2. The fraction of sp³-hybridized carbons (Fsp3) is 0.500. The van der Waals surface area contributed by atoms with E-state index in [4.69, 9.17) is 27.1 Å². The van der Waals surface area contributed by atoms with Crippen LogP contribution in [0.15, 0.2) is 18.5 Å². The highest BCUT2D eigenvalue weighted by Crippen LogP contribution is 2.40. The number of carbonyl (C=O) groups is 1. The Labute approximate surface area is 210 Å². The smallest absolute Gasteiger partial charge is 0.258 e. The van der Waals surface area contributed by atoms with Crippen molar-refractivity contribution in [1.82, 2.24) is 19.7 Å². The van der Waals surface area contributed by atoms with Crippen LogP contribution in [-0.4, -0.2) is 32.4 Å². The Morgan fingerprint density at radius 1 is 1.31 bits per heavy atom. The summed E-state index contributed by atoms with van der Waals surface area (Å²) in [5.41, 5.74) is 7.94. The standard InChI is InChI=1S/C26H33ClFN5O2/c1-13(2)35-23-17(15(4)25-31-16(5)22-24(29)30-10-11-33(22)25)12-18(27)21(28)20(23)26(34)32-19-9-7-6-8-14(19)3/h10-15,19H,6-9H2,1-5H3,(H2,29,30)(H,32,34). The number of nitrogens with one attached hydrogen (secondary N) is 1. The molecule has 1 saturated carbocycles. The van der Waals surface area contributed by atoms with Crippen LogP contribution in [0.25, 0.3) is 5.52 Å². The minimum Gasteiger partial charge on any atom is -0.490 e. The molecule has 0 aliphatic heterocycles. The number of rotatable bonds is 6. The second-order valence-electron chi connectivity index (χ2n) is 9.78. The number of nitrogen functional groups attached to an aromatic ring is 1. The SMILES string of the molecule is Cc1nc(C(C)c2cc(Cl)c(F)c(C(=O)NC3CCCCC3C)c2OC(C)C)n2ccnc(N)c12. The lowest BCUT2D eigenvalue weighted by molar-refractivity contribution is 0.0899. The van der Waals surface area contributed by atoms with Crippen LogP contribution < -0.4 is 15.8 Å². The number of anilines is 1. The lowest BCUT2D eigenvalue weighted by Gasteiger charge is -2.30. The van der Waals surface area contributed by atoms with Crippen LogP contribution in [-0.2, 0) is 0 Å². The number of nitrogens with two attached hydrogens (primary N) is 1. The summed E-state index contributed by atoms with van der Waals surface area (Å²) in [7, 11) is 0. The molecule has 188 valence electrons. The van der Waals surface area contributed by atoms with Crippen molar-refractivity contribution >= 4 is 28.8 Å². The van der Waals surface area contributed by atoms with Gasteiger partial charge in [0, 0.05) is 29.9 Å². The molecule has 3 unspecified atom stereocenters. The summed E-state index contributed by atoms with van der Waals surface area (Å²) in [4.78, 5) is 22.4. The molecule has 2 aromatic heterocycles. The van der Waals surface area contributed by atoms with Gasteiger partial charge in [-0.05, 0) is 45.6 Å². The lowest BCUT2D eigenvalue weighted by Crippen LogP contribution is -2.41. The van der Waals surface area contributed by atoms with Crippen molar-refractivity contribution in [2.75, 3.05) is 5.73 Å². The molecule has 1 aliphatic rings. The van der Waals surface area contributed by atoms with E-state index in [9.17, 15) is 4.79 Å². The third kappa shape index (κ3) is 4.81. The average molecular weight is 502 g/mol. The number of hydrogen-bond acceptors (Lipinski definition) is 5. The molecular formula is C26H33ClFN5O2. The molecule has 2 heterocycles. The van der Waals surface area contributed by atoms with Gasteiger partial charge in [-0.15, -0.1) is 0 Å². The molecule has 0 bridgehead atoms. The van der Waals surface area contributed by atoms with Crippen molar-refractivity contribution in [3.8, 4) is 5.75 Å². The zero-order valence-corrected chi connectivity index (χ0v) is 21.6. The van der Waals surface area contributed by atoms with Crippen molar-refractivity contribution in [3.63, 3.8) is 0 Å². The molecule has 3 N–H and O–H groups in total. The zero-order valence-electron chi connectivity index (χ0n) is 20.9. The van der Waals surface area contributed by atoms with Gasteiger partial charge in [-0.3, -0.25) is 9.20 Å². The molecule has 9 heteroatoms. The summed E-state index contributed by atoms with van der Waals surface area (Å²) in [6, 6.07) is 1.51. The fourth-order valence-electron chi connectivity index (χ4n) is 5.00. The predicted octanol–water partition coefficient (Wildman–Crippen LogP) is 5.66. The van der Waals surface area contributed by atoms with E-state index in [1.165, 1.54) is 6.07 Å². The van der Waals surface area contributed by atoms with E-state index in [0.29, 0.717) is 28.6 Å². The molecule has 3 atom stereocenters. The molecule has 4 rings (SSSR count). The maximum absolute atomic E-state index is 15.5. The first kappa shape index (κ1) is 25.2. The van der Waals surface area contributed by atoms with Crippen LogP contribution in [0.5, 0.6) is 5.75 Å². The Morgan fingerprint density at radius 3 is 2.71 bits per heavy atom. The Kier molecular flexibility index (Phi) is 7.22. The van der Waals surface area contributed by atoms with Gasteiger partial charge in [-0.2, -0.15) is 0 Å². The molecule has 0 spiro atoms. The number of nitrogens with zero attached hydrogens (tertiary/aromatic N) is 3. The van der Waals surface area contributed by atoms with Crippen molar-refractivity contribution in [2.24, 2.45) is 5.92 Å². The van der Waals surface area contributed by atoms with Crippen LogP contribution in [0.3, 0.4) is 0 Å². The molecule has 7 nitrogen and oxygen atoms in total. The number of aromatic nitrogens is 3. The number of halogens is 2. The Bertz CT molecular complexity index is 1260. The lowest BCUT2D eigenvalue weighted by atomic mass is 9.85. The monoisotopic (exact) mass is 501 g/mol. The topological polar surface area (TPSA) is 94.5 Å². The number of carbonyl (C=O) groups excluding carboxylic acids is 1. The van der Waals surface area contributed by atoms with Gasteiger partial charge in [0.05, 0.1) is 16.8 Å². The Balaban J connectivity index is 1.84. The molecule has 1 aromatic carbocycles. The minimum absolute atomic E-state index is 0.0169. The molecule has 0 radical (unpaired) electrons. The number of amides is 1. The molecule has 1 amide bonds. The third-order valence-electron chi connectivity index (χ3n) is 6.85. The minimum atomic E-state index is -0.781. The number of imidazole rings is 1. The second kappa shape index (κ2) is 10.0. The van der Waals surface area contributed by atoms with E-state index in [-0.39, 0.29) is 34.4 Å². The molecule has 35 heavy (non-hydrogen) atoms. The van der Waals surface area contributed by atoms with Crippen LogP contribution in [0.1, 0.15) is 86.7 Å². The van der Waals surface area contributed by atoms with E-state index in [1.54, 1.807) is 12.4 Å².